The lowest BCUT2D eigenvalue weighted by atomic mass is 10.1. The molecule has 0 aromatic heterocycles. The first kappa shape index (κ1) is 14.3. The van der Waals surface area contributed by atoms with Crippen LogP contribution in [-0.4, -0.2) is 29.7 Å². The predicted molar refractivity (Wildman–Crippen MR) is 60.9 cm³/mol. The maximum atomic E-state index is 11.3. The van der Waals surface area contributed by atoms with Crippen LogP contribution >= 0.6 is 0 Å². The quantitative estimate of drug-likeness (QED) is 0.586. The second-order valence-electron chi connectivity index (χ2n) is 3.67. The number of nitrogens with one attached hydrogen (secondary N) is 2. The molecule has 0 fully saturated rings. The number of amides is 2. The van der Waals surface area contributed by atoms with Crippen LogP contribution in [0.25, 0.3) is 0 Å². The normalized spacial score (nSPS) is 13.3. The van der Waals surface area contributed by atoms with E-state index in [4.69, 9.17) is 11.5 Å². The Morgan fingerprint density at radius 1 is 1.50 bits per heavy atom. The first-order valence-corrected chi connectivity index (χ1v) is 5.21. The van der Waals surface area contributed by atoms with E-state index in [1.54, 1.807) is 0 Å². The topological polar surface area (TPSA) is 78.4 Å². The minimum atomic E-state index is -1.13. The molecule has 0 aliphatic heterocycles. The maximum absolute atomic E-state index is 11.3. The summed E-state index contributed by atoms with van der Waals surface area (Å²) < 4.78 is 0. The van der Waals surface area contributed by atoms with E-state index in [-0.39, 0.29) is 6.42 Å². The average molecular weight is 226 g/mol. The lowest BCUT2D eigenvalue weighted by Gasteiger charge is -2.14. The van der Waals surface area contributed by atoms with E-state index in [0.717, 1.165) is 6.42 Å². The van der Waals surface area contributed by atoms with Crippen LogP contribution in [0.15, 0.2) is 0 Å². The Bertz CT molecular complexity index is 283. The van der Waals surface area contributed by atoms with Crippen molar-refractivity contribution in [3.05, 3.63) is 0 Å². The minimum Gasteiger partial charge on any atom is -0.480 e. The second kappa shape index (κ2) is 7.57. The van der Waals surface area contributed by atoms with E-state index in [2.05, 4.69) is 16.6 Å². The van der Waals surface area contributed by atoms with Crippen molar-refractivity contribution in [3.8, 4) is 12.3 Å². The highest BCUT2D eigenvalue weighted by atomic mass is 16.4. The molecule has 0 heterocycles. The van der Waals surface area contributed by atoms with Crippen LogP contribution in [0.3, 0.4) is 0 Å². The Labute approximate surface area is 95.6 Å². The highest BCUT2D eigenvalue weighted by Crippen LogP contribution is 1.97. The van der Waals surface area contributed by atoms with Gasteiger partial charge in [-0.2, -0.15) is 0 Å². The smallest absolute Gasteiger partial charge is 0.327 e. The highest BCUT2D eigenvalue weighted by molar-refractivity contribution is 5.82. The number of aliphatic carboxylic acids is 1. The summed E-state index contributed by atoms with van der Waals surface area (Å²) in [5.74, 6) is 1.44. The van der Waals surface area contributed by atoms with Crippen molar-refractivity contribution in [3.63, 3.8) is 0 Å². The number of hydrogen-bond donors (Lipinski definition) is 3. The Hall–Kier alpha value is -1.70. The number of hydrogen-bond acceptors (Lipinski definition) is 2. The average Bonchev–Trinajstić information content (AvgIpc) is 2.25. The zero-order valence-corrected chi connectivity index (χ0v) is 9.62. The van der Waals surface area contributed by atoms with E-state index >= 15 is 0 Å². The molecule has 0 aromatic carbocycles. The molecule has 0 bridgehead atoms. The van der Waals surface area contributed by atoms with Crippen molar-refractivity contribution in [2.75, 3.05) is 6.54 Å². The van der Waals surface area contributed by atoms with Gasteiger partial charge >= 0.3 is 12.0 Å². The molecule has 0 saturated heterocycles. The molecule has 0 saturated carbocycles. The lowest BCUT2D eigenvalue weighted by molar-refractivity contribution is -0.139. The number of carbonyl (C=O) groups is 2. The van der Waals surface area contributed by atoms with Gasteiger partial charge in [-0.05, 0) is 5.92 Å². The fraction of sp³-hybridized carbons (Fsp3) is 0.636. The Kier molecular flexibility index (Phi) is 6.77. The number of carboxylic acid groups (broad SMARTS) is 1. The van der Waals surface area contributed by atoms with Crippen molar-refractivity contribution in [1.82, 2.24) is 10.6 Å². The van der Waals surface area contributed by atoms with Crippen LogP contribution in [-0.2, 0) is 4.79 Å². The first-order valence-electron chi connectivity index (χ1n) is 5.21. The van der Waals surface area contributed by atoms with E-state index in [1.165, 1.54) is 0 Å². The van der Waals surface area contributed by atoms with Crippen LogP contribution < -0.4 is 10.6 Å². The third kappa shape index (κ3) is 5.91. The van der Waals surface area contributed by atoms with Gasteiger partial charge in [-0.1, -0.05) is 20.3 Å². The molecule has 2 amide bonds. The van der Waals surface area contributed by atoms with Gasteiger partial charge in [0.05, 0.1) is 0 Å². The van der Waals surface area contributed by atoms with Gasteiger partial charge in [0.15, 0.2) is 0 Å². The van der Waals surface area contributed by atoms with Gasteiger partial charge < -0.3 is 15.7 Å². The Morgan fingerprint density at radius 3 is 2.56 bits per heavy atom. The van der Waals surface area contributed by atoms with Crippen LogP contribution in [0.4, 0.5) is 4.79 Å². The molecule has 90 valence electrons. The largest absolute Gasteiger partial charge is 0.480 e. The zero-order valence-electron chi connectivity index (χ0n) is 9.62. The minimum absolute atomic E-state index is 0.0217. The van der Waals surface area contributed by atoms with E-state index in [0.29, 0.717) is 12.5 Å². The van der Waals surface area contributed by atoms with Crippen LogP contribution in [0.5, 0.6) is 0 Å². The van der Waals surface area contributed by atoms with Gasteiger partial charge in [0.25, 0.3) is 0 Å². The third-order valence-corrected chi connectivity index (χ3v) is 2.23. The predicted octanol–water partition coefficient (Wildman–Crippen LogP) is 0.808. The molecule has 0 aliphatic rings. The lowest BCUT2D eigenvalue weighted by Crippen LogP contribution is -2.46. The van der Waals surface area contributed by atoms with Crippen LogP contribution in [0.1, 0.15) is 26.7 Å². The van der Waals surface area contributed by atoms with Gasteiger partial charge in [-0.3, -0.25) is 0 Å². The molecular weight excluding hydrogens is 208 g/mol. The number of carboxylic acids is 1. The summed E-state index contributed by atoms with van der Waals surface area (Å²) >= 11 is 0. The number of rotatable bonds is 6. The van der Waals surface area contributed by atoms with Crippen molar-refractivity contribution in [1.29, 1.82) is 0 Å². The fourth-order valence-electron chi connectivity index (χ4n) is 0.938. The molecule has 3 N–H and O–H groups in total. The fourth-order valence-corrected chi connectivity index (χ4v) is 0.938. The summed E-state index contributed by atoms with van der Waals surface area (Å²) in [7, 11) is 0. The van der Waals surface area contributed by atoms with E-state index < -0.39 is 18.0 Å². The summed E-state index contributed by atoms with van der Waals surface area (Å²) in [4.78, 5) is 22.0. The molecule has 0 aromatic rings. The van der Waals surface area contributed by atoms with Gasteiger partial charge in [0.2, 0.25) is 0 Å². The molecule has 0 spiro atoms. The van der Waals surface area contributed by atoms with Crippen LogP contribution in [0.2, 0.25) is 0 Å². The highest BCUT2D eigenvalue weighted by Gasteiger charge is 2.18. The van der Waals surface area contributed by atoms with Crippen molar-refractivity contribution < 1.29 is 14.7 Å². The van der Waals surface area contributed by atoms with Gasteiger partial charge in [0.1, 0.15) is 6.04 Å². The molecule has 2 atom stereocenters. The number of terminal acetylenes is 1. The van der Waals surface area contributed by atoms with Crippen molar-refractivity contribution in [2.24, 2.45) is 5.92 Å². The standard InChI is InChI=1S/C11H18N2O3/c1-4-6-9(10(14)15)13-11(16)12-7-8(3)5-2/h1,8-9H,5-7H2,2-3H3,(H,14,15)(H2,12,13,16). The first-order chi connectivity index (χ1) is 7.51. The number of carbonyl (C=O) groups excluding carboxylic acids is 1. The third-order valence-electron chi connectivity index (χ3n) is 2.23. The van der Waals surface area contributed by atoms with Gasteiger partial charge in [-0.15, -0.1) is 12.3 Å². The summed E-state index contributed by atoms with van der Waals surface area (Å²) in [6.45, 7) is 4.53. The van der Waals surface area contributed by atoms with E-state index in [1.807, 2.05) is 13.8 Å². The van der Waals surface area contributed by atoms with Crippen molar-refractivity contribution in [2.45, 2.75) is 32.7 Å². The molecule has 0 rings (SSSR count). The van der Waals surface area contributed by atoms with Crippen LogP contribution in [0, 0.1) is 18.3 Å². The van der Waals surface area contributed by atoms with E-state index in [9.17, 15) is 9.59 Å². The number of urea groups is 1. The summed E-state index contributed by atoms with van der Waals surface area (Å²) in [5.41, 5.74) is 0. The van der Waals surface area contributed by atoms with Crippen molar-refractivity contribution >= 4 is 12.0 Å². The molecular formula is C11H18N2O3. The summed E-state index contributed by atoms with van der Waals surface area (Å²) in [6, 6.07) is -1.52. The second-order valence-corrected chi connectivity index (χ2v) is 3.67. The van der Waals surface area contributed by atoms with Gasteiger partial charge in [-0.25, -0.2) is 9.59 Å². The Balaban J connectivity index is 4.01. The molecule has 0 aliphatic carbocycles. The molecule has 16 heavy (non-hydrogen) atoms. The molecule has 2 unspecified atom stereocenters. The molecule has 0 radical (unpaired) electrons. The SMILES string of the molecule is C#CCC(NC(=O)NCC(C)CC)C(=O)O. The Morgan fingerprint density at radius 2 is 2.12 bits per heavy atom. The monoisotopic (exact) mass is 226 g/mol. The zero-order chi connectivity index (χ0) is 12.6. The molecule has 5 nitrogen and oxygen atoms in total. The summed E-state index contributed by atoms with van der Waals surface area (Å²) in [5, 5.41) is 13.6. The maximum Gasteiger partial charge on any atom is 0.327 e. The summed E-state index contributed by atoms with van der Waals surface area (Å²) in [6.07, 6.45) is 5.93. The van der Waals surface area contributed by atoms with Gasteiger partial charge in [0, 0.05) is 13.0 Å². The molecule has 5 heteroatoms.